The Kier molecular flexibility index (Phi) is 6.72. The summed E-state index contributed by atoms with van der Waals surface area (Å²) >= 11 is 0. The molecule has 1 atom stereocenters. The maximum atomic E-state index is 10.9. The normalized spacial score (nSPS) is 12.8. The fourth-order valence-corrected chi connectivity index (χ4v) is 1.46. The molecule has 0 saturated carbocycles. The van der Waals surface area contributed by atoms with Crippen molar-refractivity contribution >= 4 is 5.91 Å². The SMILES string of the molecule is CC(C)CN(CCC#N)CC(C)C(N)=O. The number of carbonyl (C=O) groups is 1. The first kappa shape index (κ1) is 13.9. The van der Waals surface area contributed by atoms with Gasteiger partial charge in [0.15, 0.2) is 0 Å². The van der Waals surface area contributed by atoms with Gasteiger partial charge in [-0.15, -0.1) is 0 Å². The lowest BCUT2D eigenvalue weighted by molar-refractivity contribution is -0.121. The van der Waals surface area contributed by atoms with Crippen LogP contribution >= 0.6 is 0 Å². The molecule has 0 aromatic carbocycles. The van der Waals surface area contributed by atoms with Crippen molar-refractivity contribution in [2.24, 2.45) is 17.6 Å². The van der Waals surface area contributed by atoms with Gasteiger partial charge in [0.2, 0.25) is 5.91 Å². The van der Waals surface area contributed by atoms with Gasteiger partial charge in [0, 0.05) is 32.0 Å². The van der Waals surface area contributed by atoms with Gasteiger partial charge >= 0.3 is 0 Å². The first-order chi connectivity index (χ1) is 6.97. The zero-order chi connectivity index (χ0) is 11.8. The average molecular weight is 211 g/mol. The van der Waals surface area contributed by atoms with E-state index in [0.29, 0.717) is 25.4 Å². The second-order valence-corrected chi connectivity index (χ2v) is 4.36. The van der Waals surface area contributed by atoms with E-state index >= 15 is 0 Å². The van der Waals surface area contributed by atoms with Crippen molar-refractivity contribution in [2.75, 3.05) is 19.6 Å². The summed E-state index contributed by atoms with van der Waals surface area (Å²) in [5.41, 5.74) is 5.21. The molecule has 0 heterocycles. The predicted molar refractivity (Wildman–Crippen MR) is 59.9 cm³/mol. The smallest absolute Gasteiger partial charge is 0.221 e. The summed E-state index contributed by atoms with van der Waals surface area (Å²) in [6.45, 7) is 8.32. The van der Waals surface area contributed by atoms with E-state index in [2.05, 4.69) is 24.8 Å². The van der Waals surface area contributed by atoms with Gasteiger partial charge in [0.1, 0.15) is 0 Å². The number of rotatable bonds is 7. The molecule has 15 heavy (non-hydrogen) atoms. The van der Waals surface area contributed by atoms with Crippen molar-refractivity contribution in [3.63, 3.8) is 0 Å². The number of nitrogens with two attached hydrogens (primary N) is 1. The Labute approximate surface area is 92.0 Å². The van der Waals surface area contributed by atoms with Gasteiger partial charge in [-0.2, -0.15) is 5.26 Å². The molecule has 0 aromatic rings. The van der Waals surface area contributed by atoms with Crippen LogP contribution in [-0.4, -0.2) is 30.4 Å². The number of nitriles is 1. The Morgan fingerprint density at radius 1 is 1.40 bits per heavy atom. The standard InChI is InChI=1S/C11H21N3O/c1-9(2)7-14(6-4-5-12)8-10(3)11(13)15/h9-10H,4,6-8H2,1-3H3,(H2,13,15). The Bertz CT molecular complexity index is 232. The van der Waals surface area contributed by atoms with Crippen molar-refractivity contribution in [2.45, 2.75) is 27.2 Å². The molecule has 0 saturated heterocycles. The third kappa shape index (κ3) is 6.92. The third-order valence-electron chi connectivity index (χ3n) is 2.18. The van der Waals surface area contributed by atoms with Gasteiger partial charge in [0.05, 0.1) is 6.07 Å². The fourth-order valence-electron chi connectivity index (χ4n) is 1.46. The van der Waals surface area contributed by atoms with Gasteiger partial charge < -0.3 is 10.6 Å². The zero-order valence-corrected chi connectivity index (χ0v) is 9.86. The minimum Gasteiger partial charge on any atom is -0.369 e. The molecular formula is C11H21N3O. The van der Waals surface area contributed by atoms with Crippen molar-refractivity contribution in [1.29, 1.82) is 5.26 Å². The molecule has 1 unspecified atom stereocenters. The van der Waals surface area contributed by atoms with E-state index in [1.807, 2.05) is 6.92 Å². The van der Waals surface area contributed by atoms with Crippen LogP contribution in [0.2, 0.25) is 0 Å². The number of primary amides is 1. The van der Waals surface area contributed by atoms with Crippen LogP contribution in [-0.2, 0) is 4.79 Å². The van der Waals surface area contributed by atoms with Crippen LogP contribution in [0.25, 0.3) is 0 Å². The van der Waals surface area contributed by atoms with Crippen LogP contribution in [0.15, 0.2) is 0 Å². The van der Waals surface area contributed by atoms with Crippen LogP contribution in [0, 0.1) is 23.2 Å². The maximum absolute atomic E-state index is 10.9. The van der Waals surface area contributed by atoms with Crippen molar-refractivity contribution in [1.82, 2.24) is 4.90 Å². The van der Waals surface area contributed by atoms with Gasteiger partial charge in [-0.3, -0.25) is 4.79 Å². The van der Waals surface area contributed by atoms with Crippen molar-refractivity contribution in [3.05, 3.63) is 0 Å². The number of hydrogen-bond acceptors (Lipinski definition) is 3. The second-order valence-electron chi connectivity index (χ2n) is 4.36. The molecule has 0 aliphatic carbocycles. The molecular weight excluding hydrogens is 190 g/mol. The highest BCUT2D eigenvalue weighted by atomic mass is 16.1. The number of hydrogen-bond donors (Lipinski definition) is 1. The summed E-state index contributed by atoms with van der Waals surface area (Å²) in [5.74, 6) is 0.104. The van der Waals surface area contributed by atoms with Gasteiger partial charge in [-0.05, 0) is 5.92 Å². The monoisotopic (exact) mass is 211 g/mol. The van der Waals surface area contributed by atoms with Crippen molar-refractivity contribution in [3.8, 4) is 6.07 Å². The molecule has 0 bridgehead atoms. The molecule has 4 heteroatoms. The van der Waals surface area contributed by atoms with Crippen LogP contribution in [0.5, 0.6) is 0 Å². The molecule has 0 rings (SSSR count). The first-order valence-corrected chi connectivity index (χ1v) is 5.36. The highest BCUT2D eigenvalue weighted by Crippen LogP contribution is 2.04. The van der Waals surface area contributed by atoms with E-state index < -0.39 is 0 Å². The molecule has 0 aromatic heterocycles. The summed E-state index contributed by atoms with van der Waals surface area (Å²) in [5, 5.41) is 8.52. The average Bonchev–Trinajstić information content (AvgIpc) is 2.13. The Balaban J connectivity index is 4.11. The molecule has 0 radical (unpaired) electrons. The first-order valence-electron chi connectivity index (χ1n) is 5.36. The number of carbonyl (C=O) groups excluding carboxylic acids is 1. The number of nitrogens with zero attached hydrogens (tertiary/aromatic N) is 2. The Morgan fingerprint density at radius 3 is 2.40 bits per heavy atom. The van der Waals surface area contributed by atoms with Gasteiger partial charge in [-0.25, -0.2) is 0 Å². The minimum absolute atomic E-state index is 0.151. The highest BCUT2D eigenvalue weighted by Gasteiger charge is 2.15. The van der Waals surface area contributed by atoms with Gasteiger partial charge in [0.25, 0.3) is 0 Å². The van der Waals surface area contributed by atoms with E-state index in [-0.39, 0.29) is 11.8 Å². The van der Waals surface area contributed by atoms with Crippen LogP contribution < -0.4 is 5.73 Å². The predicted octanol–water partition coefficient (Wildman–Crippen LogP) is 0.979. The van der Waals surface area contributed by atoms with Crippen LogP contribution in [0.4, 0.5) is 0 Å². The van der Waals surface area contributed by atoms with E-state index in [1.165, 1.54) is 0 Å². The van der Waals surface area contributed by atoms with Crippen molar-refractivity contribution < 1.29 is 4.79 Å². The summed E-state index contributed by atoms with van der Waals surface area (Å²) < 4.78 is 0. The lowest BCUT2D eigenvalue weighted by atomic mass is 10.1. The Morgan fingerprint density at radius 2 is 2.00 bits per heavy atom. The second kappa shape index (κ2) is 7.24. The fraction of sp³-hybridized carbons (Fsp3) is 0.818. The molecule has 0 spiro atoms. The third-order valence-corrected chi connectivity index (χ3v) is 2.18. The summed E-state index contributed by atoms with van der Waals surface area (Å²) in [6.07, 6.45) is 0.498. The topological polar surface area (TPSA) is 70.1 Å². The lowest BCUT2D eigenvalue weighted by Gasteiger charge is -2.25. The van der Waals surface area contributed by atoms with Crippen LogP contribution in [0.1, 0.15) is 27.2 Å². The molecule has 4 nitrogen and oxygen atoms in total. The van der Waals surface area contributed by atoms with E-state index in [1.54, 1.807) is 0 Å². The largest absolute Gasteiger partial charge is 0.369 e. The van der Waals surface area contributed by atoms with E-state index in [0.717, 1.165) is 6.54 Å². The summed E-state index contributed by atoms with van der Waals surface area (Å²) in [7, 11) is 0. The molecule has 86 valence electrons. The molecule has 2 N–H and O–H groups in total. The molecule has 1 amide bonds. The number of amides is 1. The van der Waals surface area contributed by atoms with Crippen LogP contribution in [0.3, 0.4) is 0 Å². The molecule has 0 aliphatic heterocycles. The molecule has 0 aliphatic rings. The summed E-state index contributed by atoms with van der Waals surface area (Å²) in [6, 6.07) is 2.12. The van der Waals surface area contributed by atoms with E-state index in [9.17, 15) is 4.79 Å². The quantitative estimate of drug-likeness (QED) is 0.682. The highest BCUT2D eigenvalue weighted by molar-refractivity contribution is 5.76. The Hall–Kier alpha value is -1.08. The molecule has 0 fully saturated rings. The minimum atomic E-state index is -0.277. The maximum Gasteiger partial charge on any atom is 0.221 e. The lowest BCUT2D eigenvalue weighted by Crippen LogP contribution is -2.37. The van der Waals surface area contributed by atoms with E-state index in [4.69, 9.17) is 11.0 Å². The summed E-state index contributed by atoms with van der Waals surface area (Å²) in [4.78, 5) is 13.1. The van der Waals surface area contributed by atoms with Gasteiger partial charge in [-0.1, -0.05) is 20.8 Å². The zero-order valence-electron chi connectivity index (χ0n) is 9.86.